The van der Waals surface area contributed by atoms with Crippen LogP contribution in [0, 0.1) is 12.3 Å². The number of thioether (sulfide) groups is 1. The summed E-state index contributed by atoms with van der Waals surface area (Å²) in [6, 6.07) is 8.56. The van der Waals surface area contributed by atoms with E-state index in [0.29, 0.717) is 12.2 Å². The normalized spacial score (nSPS) is 11.2. The second-order valence-corrected chi connectivity index (χ2v) is 5.68. The summed E-state index contributed by atoms with van der Waals surface area (Å²) < 4.78 is 10.1. The number of nitrogens with zero attached hydrogens (tertiary/aromatic N) is 1. The molecule has 0 fully saturated rings. The Labute approximate surface area is 141 Å². The number of rotatable bonds is 8. The summed E-state index contributed by atoms with van der Waals surface area (Å²) in [5.74, 6) is 2.60. The molecule has 6 heteroatoms. The van der Waals surface area contributed by atoms with Gasteiger partial charge in [-0.05, 0) is 24.0 Å². The number of ether oxygens (including phenoxy) is 2. The van der Waals surface area contributed by atoms with Crippen molar-refractivity contribution in [2.45, 2.75) is 19.1 Å². The summed E-state index contributed by atoms with van der Waals surface area (Å²) in [6.45, 7) is 0.110. The SMILES string of the molecule is C#CCN(C(=O)OCc1ccccc1)C(CCSC)C(=O)OC. The molecule has 0 aromatic heterocycles. The number of carbonyl (C=O) groups is 2. The van der Waals surface area contributed by atoms with E-state index in [4.69, 9.17) is 15.9 Å². The minimum atomic E-state index is -0.744. The zero-order chi connectivity index (χ0) is 17.1. The van der Waals surface area contributed by atoms with E-state index in [1.165, 1.54) is 12.0 Å². The van der Waals surface area contributed by atoms with Crippen molar-refractivity contribution in [3.05, 3.63) is 35.9 Å². The van der Waals surface area contributed by atoms with Gasteiger partial charge in [-0.2, -0.15) is 11.8 Å². The number of terminal acetylenes is 1. The maximum atomic E-state index is 12.3. The average Bonchev–Trinajstić information content (AvgIpc) is 2.59. The lowest BCUT2D eigenvalue weighted by Crippen LogP contribution is -2.46. The molecule has 23 heavy (non-hydrogen) atoms. The monoisotopic (exact) mass is 335 g/mol. The van der Waals surface area contributed by atoms with Crippen molar-refractivity contribution in [1.82, 2.24) is 4.90 Å². The number of benzene rings is 1. The Morgan fingerprint density at radius 3 is 2.61 bits per heavy atom. The molecule has 0 N–H and O–H groups in total. The van der Waals surface area contributed by atoms with Gasteiger partial charge in [0.05, 0.1) is 13.7 Å². The molecule has 0 aliphatic heterocycles. The van der Waals surface area contributed by atoms with Crippen molar-refractivity contribution in [2.75, 3.05) is 25.7 Å². The number of amides is 1. The lowest BCUT2D eigenvalue weighted by atomic mass is 10.2. The van der Waals surface area contributed by atoms with Crippen LogP contribution in [0.25, 0.3) is 0 Å². The third-order valence-electron chi connectivity index (χ3n) is 3.15. The van der Waals surface area contributed by atoms with E-state index in [9.17, 15) is 9.59 Å². The van der Waals surface area contributed by atoms with Gasteiger partial charge in [0.1, 0.15) is 12.6 Å². The highest BCUT2D eigenvalue weighted by Crippen LogP contribution is 2.13. The molecule has 0 aliphatic carbocycles. The van der Waals surface area contributed by atoms with Crippen LogP contribution >= 0.6 is 11.8 Å². The number of methoxy groups -OCH3 is 1. The van der Waals surface area contributed by atoms with Crippen molar-refractivity contribution in [3.63, 3.8) is 0 Å². The molecular formula is C17H21NO4S. The fraction of sp³-hybridized carbons (Fsp3) is 0.412. The number of hydrogen-bond acceptors (Lipinski definition) is 5. The van der Waals surface area contributed by atoms with Crippen LogP contribution in [0.5, 0.6) is 0 Å². The molecule has 0 saturated heterocycles. The number of esters is 1. The molecule has 1 aromatic rings. The summed E-state index contributed by atoms with van der Waals surface area (Å²) in [5.41, 5.74) is 0.861. The average molecular weight is 335 g/mol. The molecule has 124 valence electrons. The molecule has 0 aliphatic rings. The largest absolute Gasteiger partial charge is 0.467 e. The van der Waals surface area contributed by atoms with Crippen LogP contribution in [0.2, 0.25) is 0 Å². The van der Waals surface area contributed by atoms with Crippen LogP contribution in [0.3, 0.4) is 0 Å². The molecule has 0 bridgehead atoms. The summed E-state index contributed by atoms with van der Waals surface area (Å²) in [7, 11) is 1.29. The lowest BCUT2D eigenvalue weighted by Gasteiger charge is -2.27. The van der Waals surface area contributed by atoms with Crippen LogP contribution < -0.4 is 0 Å². The molecule has 1 atom stereocenters. The predicted octanol–water partition coefficient (Wildman–Crippen LogP) is 2.55. The minimum absolute atomic E-state index is 0.0121. The van der Waals surface area contributed by atoms with Crippen molar-refractivity contribution in [2.24, 2.45) is 0 Å². The van der Waals surface area contributed by atoms with Gasteiger partial charge in [-0.3, -0.25) is 4.90 Å². The Morgan fingerprint density at radius 1 is 1.35 bits per heavy atom. The molecule has 1 aromatic carbocycles. The topological polar surface area (TPSA) is 55.8 Å². The van der Waals surface area contributed by atoms with Crippen LogP contribution in [-0.4, -0.2) is 48.7 Å². The fourth-order valence-corrected chi connectivity index (χ4v) is 2.43. The van der Waals surface area contributed by atoms with Gasteiger partial charge >= 0.3 is 12.1 Å². The Morgan fingerprint density at radius 2 is 2.04 bits per heavy atom. The molecule has 0 heterocycles. The summed E-state index contributed by atoms with van der Waals surface area (Å²) >= 11 is 1.58. The third-order valence-corrected chi connectivity index (χ3v) is 3.79. The van der Waals surface area contributed by atoms with Gasteiger partial charge in [-0.15, -0.1) is 6.42 Å². The summed E-state index contributed by atoms with van der Waals surface area (Å²) in [6.07, 6.45) is 7.08. The quantitative estimate of drug-likeness (QED) is 0.540. The van der Waals surface area contributed by atoms with Crippen LogP contribution in [0.1, 0.15) is 12.0 Å². The Balaban J connectivity index is 2.78. The third kappa shape index (κ3) is 6.25. The Hall–Kier alpha value is -2.13. The van der Waals surface area contributed by atoms with Gasteiger partial charge in [0.25, 0.3) is 0 Å². The second-order valence-electron chi connectivity index (χ2n) is 4.69. The molecule has 0 spiro atoms. The van der Waals surface area contributed by atoms with Crippen molar-refractivity contribution in [1.29, 1.82) is 0 Å². The fourth-order valence-electron chi connectivity index (χ4n) is 1.97. The lowest BCUT2D eigenvalue weighted by molar-refractivity contribution is -0.146. The van der Waals surface area contributed by atoms with E-state index in [2.05, 4.69) is 5.92 Å². The Bertz CT molecular complexity index is 541. The van der Waals surface area contributed by atoms with Crippen molar-refractivity contribution < 1.29 is 19.1 Å². The highest BCUT2D eigenvalue weighted by molar-refractivity contribution is 7.98. The molecule has 1 unspecified atom stereocenters. The maximum absolute atomic E-state index is 12.3. The first-order valence-electron chi connectivity index (χ1n) is 7.11. The number of hydrogen-bond donors (Lipinski definition) is 0. The standard InChI is InChI=1S/C17H21NO4S/c1-4-11-18(15(10-12-23-3)16(19)21-2)17(20)22-13-14-8-6-5-7-9-14/h1,5-9,15H,10-13H2,2-3H3. The molecular weight excluding hydrogens is 314 g/mol. The summed E-state index contributed by atoms with van der Waals surface area (Å²) in [4.78, 5) is 25.5. The van der Waals surface area contributed by atoms with Gasteiger partial charge in [-0.1, -0.05) is 36.3 Å². The van der Waals surface area contributed by atoms with Crippen molar-refractivity contribution >= 4 is 23.8 Å². The first-order chi connectivity index (χ1) is 11.1. The first-order valence-corrected chi connectivity index (χ1v) is 8.51. The van der Waals surface area contributed by atoms with Crippen LogP contribution in [0.15, 0.2) is 30.3 Å². The van der Waals surface area contributed by atoms with Gasteiger partial charge in [-0.25, -0.2) is 9.59 Å². The molecule has 0 radical (unpaired) electrons. The van der Waals surface area contributed by atoms with Gasteiger partial charge < -0.3 is 9.47 Å². The van der Waals surface area contributed by atoms with Crippen LogP contribution in [0.4, 0.5) is 4.79 Å². The predicted molar refractivity (Wildman–Crippen MR) is 91.0 cm³/mol. The van der Waals surface area contributed by atoms with Gasteiger partial charge in [0.15, 0.2) is 0 Å². The zero-order valence-corrected chi connectivity index (χ0v) is 14.2. The number of carbonyl (C=O) groups excluding carboxylic acids is 2. The smallest absolute Gasteiger partial charge is 0.411 e. The Kier molecular flexibility index (Phi) is 8.70. The molecule has 5 nitrogen and oxygen atoms in total. The first kappa shape index (κ1) is 18.9. The molecule has 1 rings (SSSR count). The van der Waals surface area contributed by atoms with E-state index < -0.39 is 18.1 Å². The second kappa shape index (κ2) is 10.6. The van der Waals surface area contributed by atoms with E-state index >= 15 is 0 Å². The van der Waals surface area contributed by atoms with E-state index in [0.717, 1.165) is 5.56 Å². The van der Waals surface area contributed by atoms with E-state index in [1.807, 2.05) is 36.6 Å². The zero-order valence-electron chi connectivity index (χ0n) is 13.4. The maximum Gasteiger partial charge on any atom is 0.411 e. The summed E-state index contributed by atoms with van der Waals surface area (Å²) in [5, 5.41) is 0. The molecule has 1 amide bonds. The van der Waals surface area contributed by atoms with Crippen molar-refractivity contribution in [3.8, 4) is 12.3 Å². The minimum Gasteiger partial charge on any atom is -0.467 e. The van der Waals surface area contributed by atoms with Gasteiger partial charge in [0, 0.05) is 0 Å². The highest BCUT2D eigenvalue weighted by Gasteiger charge is 2.30. The highest BCUT2D eigenvalue weighted by atomic mass is 32.2. The van der Waals surface area contributed by atoms with E-state index in [1.54, 1.807) is 11.8 Å². The van der Waals surface area contributed by atoms with E-state index in [-0.39, 0.29) is 13.2 Å². The van der Waals surface area contributed by atoms with Gasteiger partial charge in [0.2, 0.25) is 0 Å². The molecule has 0 saturated carbocycles. The van der Waals surface area contributed by atoms with Crippen LogP contribution in [-0.2, 0) is 20.9 Å².